The Balaban J connectivity index is 2.11. The van der Waals surface area contributed by atoms with Crippen molar-refractivity contribution in [3.8, 4) is 0 Å². The van der Waals surface area contributed by atoms with Crippen molar-refractivity contribution < 1.29 is 14.7 Å². The Labute approximate surface area is 181 Å². The SMILES string of the molecule is CCC(=O)N[C@@H](CSC(c1ccccc1)(c1ccccc1)c1ccccc1)C(=O)O. The smallest absolute Gasteiger partial charge is 0.327 e. The lowest BCUT2D eigenvalue weighted by atomic mass is 9.84. The van der Waals surface area contributed by atoms with Crippen LogP contribution in [0.5, 0.6) is 0 Å². The maximum Gasteiger partial charge on any atom is 0.327 e. The van der Waals surface area contributed by atoms with Crippen LogP contribution in [0.25, 0.3) is 0 Å². The van der Waals surface area contributed by atoms with E-state index in [1.54, 1.807) is 6.92 Å². The van der Waals surface area contributed by atoms with Gasteiger partial charge in [-0.3, -0.25) is 4.79 Å². The Kier molecular flexibility index (Phi) is 7.31. The first-order valence-electron chi connectivity index (χ1n) is 9.90. The van der Waals surface area contributed by atoms with Crippen molar-refractivity contribution in [3.63, 3.8) is 0 Å². The zero-order valence-corrected chi connectivity index (χ0v) is 17.6. The van der Waals surface area contributed by atoms with Crippen LogP contribution >= 0.6 is 11.8 Å². The van der Waals surface area contributed by atoms with E-state index in [1.807, 2.05) is 54.6 Å². The van der Waals surface area contributed by atoms with Gasteiger partial charge in [0.05, 0.1) is 4.75 Å². The molecule has 30 heavy (non-hydrogen) atoms. The molecule has 1 atom stereocenters. The van der Waals surface area contributed by atoms with Crippen LogP contribution in [-0.2, 0) is 14.3 Å². The Morgan fingerprint density at radius 1 is 0.833 bits per heavy atom. The summed E-state index contributed by atoms with van der Waals surface area (Å²) < 4.78 is -0.617. The van der Waals surface area contributed by atoms with E-state index >= 15 is 0 Å². The first-order chi connectivity index (χ1) is 14.6. The number of carboxylic acid groups (broad SMARTS) is 1. The van der Waals surface area contributed by atoms with Crippen LogP contribution < -0.4 is 5.32 Å². The van der Waals surface area contributed by atoms with Gasteiger partial charge in [0, 0.05) is 12.2 Å². The summed E-state index contributed by atoms with van der Waals surface area (Å²) in [5.74, 6) is -1.08. The van der Waals surface area contributed by atoms with Gasteiger partial charge in [0.2, 0.25) is 5.91 Å². The van der Waals surface area contributed by atoms with Crippen molar-refractivity contribution >= 4 is 23.6 Å². The van der Waals surface area contributed by atoms with Crippen LogP contribution in [0.1, 0.15) is 30.0 Å². The third-order valence-corrected chi connectivity index (χ3v) is 6.60. The van der Waals surface area contributed by atoms with Gasteiger partial charge < -0.3 is 10.4 Å². The standard InChI is InChI=1S/C25H25NO3S/c1-2-23(27)26-22(24(28)29)18-30-25(19-12-6-3-7-13-19,20-14-8-4-9-15-20)21-16-10-5-11-17-21/h3-17,22H,2,18H2,1H3,(H,26,27)(H,28,29)/t22-/m0/s1. The van der Waals surface area contributed by atoms with Crippen molar-refractivity contribution in [1.29, 1.82) is 0 Å². The number of carbonyl (C=O) groups is 2. The van der Waals surface area contributed by atoms with E-state index in [4.69, 9.17) is 0 Å². The summed E-state index contributed by atoms with van der Waals surface area (Å²) >= 11 is 1.52. The van der Waals surface area contributed by atoms with Crippen molar-refractivity contribution in [2.75, 3.05) is 5.75 Å². The summed E-state index contributed by atoms with van der Waals surface area (Å²) in [6, 6.07) is 29.3. The molecular weight excluding hydrogens is 394 g/mol. The molecule has 4 nitrogen and oxygen atoms in total. The predicted octanol–water partition coefficient (Wildman–Crippen LogP) is 4.69. The van der Waals surface area contributed by atoms with Gasteiger partial charge in [-0.15, -0.1) is 11.8 Å². The van der Waals surface area contributed by atoms with Crippen molar-refractivity contribution in [1.82, 2.24) is 5.32 Å². The van der Waals surface area contributed by atoms with Gasteiger partial charge in [-0.1, -0.05) is 97.9 Å². The average molecular weight is 420 g/mol. The highest BCUT2D eigenvalue weighted by molar-refractivity contribution is 8.00. The van der Waals surface area contributed by atoms with E-state index < -0.39 is 16.8 Å². The number of nitrogens with one attached hydrogen (secondary N) is 1. The lowest BCUT2D eigenvalue weighted by Gasteiger charge is -2.36. The fourth-order valence-electron chi connectivity index (χ4n) is 3.45. The molecule has 3 aromatic carbocycles. The summed E-state index contributed by atoms with van der Waals surface area (Å²) in [5.41, 5.74) is 3.16. The second kappa shape index (κ2) is 10.1. The van der Waals surface area contributed by atoms with Gasteiger partial charge in [0.15, 0.2) is 0 Å². The van der Waals surface area contributed by atoms with Crippen LogP contribution in [-0.4, -0.2) is 28.8 Å². The van der Waals surface area contributed by atoms with Gasteiger partial charge in [-0.05, 0) is 16.7 Å². The quantitative estimate of drug-likeness (QED) is 0.494. The molecule has 0 unspecified atom stereocenters. The zero-order valence-electron chi connectivity index (χ0n) is 16.8. The van der Waals surface area contributed by atoms with Crippen molar-refractivity contribution in [3.05, 3.63) is 108 Å². The van der Waals surface area contributed by atoms with E-state index in [1.165, 1.54) is 11.8 Å². The van der Waals surface area contributed by atoms with E-state index in [0.29, 0.717) is 0 Å². The number of hydrogen-bond donors (Lipinski definition) is 2. The Morgan fingerprint density at radius 2 is 1.23 bits per heavy atom. The largest absolute Gasteiger partial charge is 0.480 e. The number of amides is 1. The van der Waals surface area contributed by atoms with E-state index in [0.717, 1.165) is 16.7 Å². The van der Waals surface area contributed by atoms with Gasteiger partial charge in [0.1, 0.15) is 6.04 Å². The van der Waals surface area contributed by atoms with E-state index in [2.05, 4.69) is 41.7 Å². The molecule has 0 aliphatic rings. The lowest BCUT2D eigenvalue weighted by Crippen LogP contribution is -2.43. The van der Waals surface area contributed by atoms with Crippen molar-refractivity contribution in [2.45, 2.75) is 24.1 Å². The highest BCUT2D eigenvalue weighted by Crippen LogP contribution is 2.48. The number of benzene rings is 3. The fraction of sp³-hybridized carbons (Fsp3) is 0.200. The monoisotopic (exact) mass is 419 g/mol. The van der Waals surface area contributed by atoms with Crippen LogP contribution in [0.15, 0.2) is 91.0 Å². The molecule has 0 radical (unpaired) electrons. The molecule has 0 spiro atoms. The summed E-state index contributed by atoms with van der Waals surface area (Å²) in [6.07, 6.45) is 0.246. The molecule has 3 aromatic rings. The summed E-state index contributed by atoms with van der Waals surface area (Å²) in [7, 11) is 0. The summed E-state index contributed by atoms with van der Waals surface area (Å²) in [4.78, 5) is 23.7. The fourth-order valence-corrected chi connectivity index (χ4v) is 5.00. The molecule has 154 valence electrons. The first kappa shape index (κ1) is 21.7. The Hall–Kier alpha value is -3.05. The van der Waals surface area contributed by atoms with Crippen LogP contribution in [0.4, 0.5) is 0 Å². The Bertz CT molecular complexity index is 865. The second-order valence-corrected chi connectivity index (χ2v) is 8.14. The Morgan fingerprint density at radius 3 is 1.57 bits per heavy atom. The van der Waals surface area contributed by atoms with Gasteiger partial charge in [-0.2, -0.15) is 0 Å². The highest BCUT2D eigenvalue weighted by Gasteiger charge is 2.38. The van der Waals surface area contributed by atoms with Gasteiger partial charge >= 0.3 is 5.97 Å². The van der Waals surface area contributed by atoms with Crippen LogP contribution in [0.3, 0.4) is 0 Å². The molecule has 0 bridgehead atoms. The lowest BCUT2D eigenvalue weighted by molar-refractivity contribution is -0.141. The van der Waals surface area contributed by atoms with Crippen LogP contribution in [0, 0.1) is 0 Å². The second-order valence-electron chi connectivity index (χ2n) is 6.90. The average Bonchev–Trinajstić information content (AvgIpc) is 2.80. The zero-order chi connectivity index (χ0) is 21.4. The number of hydrogen-bond acceptors (Lipinski definition) is 3. The molecule has 0 aliphatic heterocycles. The minimum Gasteiger partial charge on any atom is -0.480 e. The molecular formula is C25H25NO3S. The number of carboxylic acids is 1. The van der Waals surface area contributed by atoms with E-state index in [9.17, 15) is 14.7 Å². The van der Waals surface area contributed by atoms with E-state index in [-0.39, 0.29) is 18.1 Å². The predicted molar refractivity (Wildman–Crippen MR) is 122 cm³/mol. The number of carbonyl (C=O) groups excluding carboxylic acids is 1. The molecule has 0 saturated heterocycles. The first-order valence-corrected chi connectivity index (χ1v) is 10.9. The third-order valence-electron chi connectivity index (χ3n) is 4.96. The third kappa shape index (κ3) is 4.74. The molecule has 2 N–H and O–H groups in total. The molecule has 0 saturated carbocycles. The van der Waals surface area contributed by atoms with Crippen LogP contribution in [0.2, 0.25) is 0 Å². The summed E-state index contributed by atoms with van der Waals surface area (Å²) in [5, 5.41) is 12.3. The maximum absolute atomic E-state index is 11.9. The molecule has 0 aliphatic carbocycles. The summed E-state index contributed by atoms with van der Waals surface area (Å²) in [6.45, 7) is 1.71. The minimum atomic E-state index is -1.03. The normalized spacial score (nSPS) is 12.2. The van der Waals surface area contributed by atoms with Gasteiger partial charge in [0.25, 0.3) is 0 Å². The topological polar surface area (TPSA) is 66.4 Å². The molecule has 1 amide bonds. The molecule has 0 fully saturated rings. The maximum atomic E-state index is 11.9. The molecule has 0 heterocycles. The molecule has 5 heteroatoms. The number of thioether (sulfide) groups is 1. The minimum absolute atomic E-state index is 0.222. The number of rotatable bonds is 9. The van der Waals surface area contributed by atoms with Gasteiger partial charge in [-0.25, -0.2) is 4.79 Å². The molecule has 3 rings (SSSR count). The highest BCUT2D eigenvalue weighted by atomic mass is 32.2. The number of aliphatic carboxylic acids is 1. The van der Waals surface area contributed by atoms with Crippen molar-refractivity contribution in [2.24, 2.45) is 0 Å². The molecule has 0 aromatic heterocycles.